The summed E-state index contributed by atoms with van der Waals surface area (Å²) in [5, 5.41) is 2.70. The lowest BCUT2D eigenvalue weighted by molar-refractivity contribution is -0.118. The number of anilines is 1. The second kappa shape index (κ2) is 6.19. The molecule has 4 heteroatoms. The first-order valence-corrected chi connectivity index (χ1v) is 6.47. The van der Waals surface area contributed by atoms with Crippen LogP contribution in [0.5, 0.6) is 5.75 Å². The number of amides is 1. The lowest BCUT2D eigenvalue weighted by Crippen LogP contribution is -2.21. The van der Waals surface area contributed by atoms with E-state index in [1.54, 1.807) is 12.3 Å². The molecule has 0 aliphatic carbocycles. The van der Waals surface area contributed by atoms with Crippen LogP contribution in [0.1, 0.15) is 16.7 Å². The topological polar surface area (TPSA) is 51.2 Å². The van der Waals surface area contributed by atoms with Crippen molar-refractivity contribution < 1.29 is 9.53 Å². The standard InChI is InChI=1S/C16H18N2O2/c1-11-4-6-14(13(3)8-11)20-10-16(19)18-15-7-5-12(2)9-17-15/h4-9H,10H2,1-3H3,(H,17,18,19). The summed E-state index contributed by atoms with van der Waals surface area (Å²) >= 11 is 0. The van der Waals surface area contributed by atoms with Gasteiger partial charge in [-0.3, -0.25) is 4.79 Å². The van der Waals surface area contributed by atoms with Crippen LogP contribution in [-0.2, 0) is 4.79 Å². The molecule has 2 aromatic rings. The van der Waals surface area contributed by atoms with E-state index in [1.807, 2.05) is 45.0 Å². The first-order valence-electron chi connectivity index (χ1n) is 6.47. The number of carbonyl (C=O) groups excluding carboxylic acids is 1. The minimum absolute atomic E-state index is 0.0283. The van der Waals surface area contributed by atoms with Gasteiger partial charge in [-0.15, -0.1) is 0 Å². The van der Waals surface area contributed by atoms with E-state index >= 15 is 0 Å². The van der Waals surface area contributed by atoms with Crippen molar-refractivity contribution in [3.05, 3.63) is 53.2 Å². The van der Waals surface area contributed by atoms with Gasteiger partial charge in [0.1, 0.15) is 11.6 Å². The van der Waals surface area contributed by atoms with Crippen LogP contribution in [-0.4, -0.2) is 17.5 Å². The number of nitrogens with zero attached hydrogens (tertiary/aromatic N) is 1. The zero-order valence-electron chi connectivity index (χ0n) is 11.9. The van der Waals surface area contributed by atoms with E-state index in [2.05, 4.69) is 10.3 Å². The van der Waals surface area contributed by atoms with E-state index in [-0.39, 0.29) is 12.5 Å². The van der Waals surface area contributed by atoms with Crippen LogP contribution in [0.15, 0.2) is 36.5 Å². The number of ether oxygens (including phenoxy) is 1. The predicted molar refractivity (Wildman–Crippen MR) is 79.0 cm³/mol. The van der Waals surface area contributed by atoms with Crippen LogP contribution < -0.4 is 10.1 Å². The van der Waals surface area contributed by atoms with Crippen molar-refractivity contribution >= 4 is 11.7 Å². The number of rotatable bonds is 4. The highest BCUT2D eigenvalue weighted by molar-refractivity contribution is 5.90. The fourth-order valence-electron chi connectivity index (χ4n) is 1.83. The molecule has 20 heavy (non-hydrogen) atoms. The summed E-state index contributed by atoms with van der Waals surface area (Å²) in [4.78, 5) is 15.9. The minimum atomic E-state index is -0.221. The van der Waals surface area contributed by atoms with Crippen molar-refractivity contribution in [1.29, 1.82) is 0 Å². The first kappa shape index (κ1) is 14.1. The van der Waals surface area contributed by atoms with Gasteiger partial charge in [0, 0.05) is 6.20 Å². The zero-order chi connectivity index (χ0) is 14.5. The Morgan fingerprint density at radius 2 is 1.90 bits per heavy atom. The Hall–Kier alpha value is -2.36. The molecule has 1 heterocycles. The molecule has 0 fully saturated rings. The van der Waals surface area contributed by atoms with Crippen LogP contribution in [0.25, 0.3) is 0 Å². The maximum absolute atomic E-state index is 11.8. The van der Waals surface area contributed by atoms with Crippen molar-refractivity contribution in [1.82, 2.24) is 4.98 Å². The molecule has 1 aromatic carbocycles. The largest absolute Gasteiger partial charge is 0.483 e. The smallest absolute Gasteiger partial charge is 0.263 e. The van der Waals surface area contributed by atoms with Crippen molar-refractivity contribution in [2.24, 2.45) is 0 Å². The number of benzene rings is 1. The van der Waals surface area contributed by atoms with Gasteiger partial charge in [0.15, 0.2) is 6.61 Å². The zero-order valence-corrected chi connectivity index (χ0v) is 11.9. The Morgan fingerprint density at radius 3 is 2.55 bits per heavy atom. The molecule has 1 amide bonds. The van der Waals surface area contributed by atoms with Gasteiger partial charge in [-0.1, -0.05) is 23.8 Å². The number of hydrogen-bond acceptors (Lipinski definition) is 3. The van der Waals surface area contributed by atoms with Gasteiger partial charge in [0.2, 0.25) is 0 Å². The summed E-state index contributed by atoms with van der Waals surface area (Å²) in [5.41, 5.74) is 3.24. The third-order valence-electron chi connectivity index (χ3n) is 2.87. The Kier molecular flexibility index (Phi) is 4.35. The molecule has 0 saturated carbocycles. The molecule has 0 atom stereocenters. The minimum Gasteiger partial charge on any atom is -0.483 e. The Labute approximate surface area is 118 Å². The van der Waals surface area contributed by atoms with Crippen molar-refractivity contribution in [3.63, 3.8) is 0 Å². The highest BCUT2D eigenvalue weighted by Gasteiger charge is 2.06. The second-order valence-corrected chi connectivity index (χ2v) is 4.83. The van der Waals surface area contributed by atoms with E-state index in [0.29, 0.717) is 5.82 Å². The quantitative estimate of drug-likeness (QED) is 0.929. The van der Waals surface area contributed by atoms with E-state index < -0.39 is 0 Å². The van der Waals surface area contributed by atoms with E-state index in [9.17, 15) is 4.79 Å². The van der Waals surface area contributed by atoms with Crippen LogP contribution in [0, 0.1) is 20.8 Å². The van der Waals surface area contributed by atoms with Gasteiger partial charge in [-0.25, -0.2) is 4.98 Å². The molecule has 0 bridgehead atoms. The maximum atomic E-state index is 11.8. The SMILES string of the molecule is Cc1ccc(NC(=O)COc2ccc(C)cc2C)nc1. The molecule has 1 N–H and O–H groups in total. The molecule has 4 nitrogen and oxygen atoms in total. The number of carbonyl (C=O) groups is 1. The molecule has 0 spiro atoms. The molecule has 104 valence electrons. The predicted octanol–water partition coefficient (Wildman–Crippen LogP) is 3.02. The molecule has 1 aromatic heterocycles. The van der Waals surface area contributed by atoms with Crippen LogP contribution in [0.4, 0.5) is 5.82 Å². The Balaban J connectivity index is 1.90. The van der Waals surface area contributed by atoms with Gasteiger partial charge >= 0.3 is 0 Å². The summed E-state index contributed by atoms with van der Waals surface area (Å²) in [6, 6.07) is 9.52. The lowest BCUT2D eigenvalue weighted by Gasteiger charge is -2.10. The summed E-state index contributed by atoms with van der Waals surface area (Å²) in [7, 11) is 0. The molecule has 0 radical (unpaired) electrons. The number of aryl methyl sites for hydroxylation is 3. The summed E-state index contributed by atoms with van der Waals surface area (Å²) in [5.74, 6) is 1.04. The summed E-state index contributed by atoms with van der Waals surface area (Å²) < 4.78 is 5.51. The van der Waals surface area contributed by atoms with Crippen molar-refractivity contribution in [3.8, 4) is 5.75 Å². The second-order valence-electron chi connectivity index (χ2n) is 4.83. The molecular weight excluding hydrogens is 252 g/mol. The number of nitrogens with one attached hydrogen (secondary N) is 1. The third-order valence-corrected chi connectivity index (χ3v) is 2.87. The number of pyridine rings is 1. The molecule has 2 rings (SSSR count). The van der Waals surface area contributed by atoms with Gasteiger partial charge in [-0.2, -0.15) is 0 Å². The third kappa shape index (κ3) is 3.82. The average molecular weight is 270 g/mol. The normalized spacial score (nSPS) is 10.2. The van der Waals surface area contributed by atoms with Crippen LogP contribution in [0.3, 0.4) is 0 Å². The van der Waals surface area contributed by atoms with E-state index in [0.717, 1.165) is 16.9 Å². The number of aromatic nitrogens is 1. The molecule has 0 unspecified atom stereocenters. The first-order chi connectivity index (χ1) is 9.54. The van der Waals surface area contributed by atoms with Crippen molar-refractivity contribution in [2.45, 2.75) is 20.8 Å². The van der Waals surface area contributed by atoms with Gasteiger partial charge < -0.3 is 10.1 Å². The molecule has 0 saturated heterocycles. The fraction of sp³-hybridized carbons (Fsp3) is 0.250. The van der Waals surface area contributed by atoms with Gasteiger partial charge in [-0.05, 0) is 44.0 Å². The van der Waals surface area contributed by atoms with Crippen molar-refractivity contribution in [2.75, 3.05) is 11.9 Å². The van der Waals surface area contributed by atoms with Crippen LogP contribution in [0.2, 0.25) is 0 Å². The Bertz CT molecular complexity index is 606. The highest BCUT2D eigenvalue weighted by atomic mass is 16.5. The molecular formula is C16H18N2O2. The number of hydrogen-bond donors (Lipinski definition) is 1. The average Bonchev–Trinajstić information content (AvgIpc) is 2.40. The van der Waals surface area contributed by atoms with E-state index in [1.165, 1.54) is 5.56 Å². The highest BCUT2D eigenvalue weighted by Crippen LogP contribution is 2.18. The van der Waals surface area contributed by atoms with Crippen LogP contribution >= 0.6 is 0 Å². The lowest BCUT2D eigenvalue weighted by atomic mass is 10.1. The molecule has 0 aliphatic heterocycles. The monoisotopic (exact) mass is 270 g/mol. The maximum Gasteiger partial charge on any atom is 0.263 e. The summed E-state index contributed by atoms with van der Waals surface area (Å²) in [6.45, 7) is 5.90. The van der Waals surface area contributed by atoms with Gasteiger partial charge in [0.25, 0.3) is 5.91 Å². The van der Waals surface area contributed by atoms with Gasteiger partial charge in [0.05, 0.1) is 0 Å². The van der Waals surface area contributed by atoms with E-state index in [4.69, 9.17) is 4.74 Å². The fourth-order valence-corrected chi connectivity index (χ4v) is 1.83. The Morgan fingerprint density at radius 1 is 1.15 bits per heavy atom. The summed E-state index contributed by atoms with van der Waals surface area (Å²) in [6.07, 6.45) is 1.71. The molecule has 0 aliphatic rings.